The standard InChI is InChI=1S/C14H18N4O3S/c1-22(20,21)16-10-14(19)17-13(11-18-9-5-8-15-18)12-6-3-2-4-7-12/h2-9,13,16H,10-11H2,1H3,(H,17,19)/t13-/m0/s1. The Bertz CT molecular complexity index is 699. The van der Waals surface area contributed by atoms with E-state index in [9.17, 15) is 13.2 Å². The van der Waals surface area contributed by atoms with Gasteiger partial charge in [-0.25, -0.2) is 13.1 Å². The molecular formula is C14H18N4O3S. The van der Waals surface area contributed by atoms with Gasteiger partial charge >= 0.3 is 0 Å². The molecule has 1 atom stereocenters. The number of carbonyl (C=O) groups is 1. The molecule has 0 aliphatic rings. The summed E-state index contributed by atoms with van der Waals surface area (Å²) in [5, 5.41) is 6.95. The SMILES string of the molecule is CS(=O)(=O)NCC(=O)N[C@@H](Cn1cccn1)c1ccccc1. The Labute approximate surface area is 129 Å². The van der Waals surface area contributed by atoms with E-state index in [0.717, 1.165) is 11.8 Å². The maximum Gasteiger partial charge on any atom is 0.235 e. The molecular weight excluding hydrogens is 304 g/mol. The van der Waals surface area contributed by atoms with E-state index in [0.29, 0.717) is 6.54 Å². The lowest BCUT2D eigenvalue weighted by molar-refractivity contribution is -0.120. The van der Waals surface area contributed by atoms with Gasteiger partial charge in [-0.05, 0) is 11.6 Å². The molecule has 1 aromatic carbocycles. The minimum atomic E-state index is -3.40. The van der Waals surface area contributed by atoms with Crippen LogP contribution in [0.5, 0.6) is 0 Å². The van der Waals surface area contributed by atoms with Gasteiger partial charge < -0.3 is 5.32 Å². The molecule has 0 aliphatic heterocycles. The molecule has 0 saturated heterocycles. The van der Waals surface area contributed by atoms with Crippen molar-refractivity contribution in [2.75, 3.05) is 12.8 Å². The fourth-order valence-electron chi connectivity index (χ4n) is 1.96. The summed E-state index contributed by atoms with van der Waals surface area (Å²) in [6.45, 7) is 0.170. The summed E-state index contributed by atoms with van der Waals surface area (Å²) in [5.74, 6) is -0.397. The van der Waals surface area contributed by atoms with Crippen molar-refractivity contribution in [1.29, 1.82) is 0 Å². The van der Waals surface area contributed by atoms with Crippen LogP contribution in [0.3, 0.4) is 0 Å². The average molecular weight is 322 g/mol. The summed E-state index contributed by atoms with van der Waals surface area (Å²) in [5.41, 5.74) is 0.922. The molecule has 7 nitrogen and oxygen atoms in total. The number of aromatic nitrogens is 2. The number of rotatable bonds is 7. The van der Waals surface area contributed by atoms with Crippen LogP contribution in [-0.4, -0.2) is 36.9 Å². The summed E-state index contributed by atoms with van der Waals surface area (Å²) in [7, 11) is -3.40. The Balaban J connectivity index is 2.06. The van der Waals surface area contributed by atoms with Crippen LogP contribution in [-0.2, 0) is 21.4 Å². The van der Waals surface area contributed by atoms with Crippen molar-refractivity contribution in [3.05, 3.63) is 54.4 Å². The topological polar surface area (TPSA) is 93.1 Å². The first-order chi connectivity index (χ1) is 10.4. The second-order valence-corrected chi connectivity index (χ2v) is 6.69. The minimum absolute atomic E-state index is 0.290. The zero-order valence-electron chi connectivity index (χ0n) is 12.1. The third kappa shape index (κ3) is 5.30. The first kappa shape index (κ1) is 16.2. The molecule has 118 valence electrons. The van der Waals surface area contributed by atoms with Crippen LogP contribution in [0, 0.1) is 0 Å². The summed E-state index contributed by atoms with van der Waals surface area (Å²) in [6.07, 6.45) is 4.48. The summed E-state index contributed by atoms with van der Waals surface area (Å²) < 4.78 is 26.0. The van der Waals surface area contributed by atoms with Gasteiger partial charge in [0.2, 0.25) is 15.9 Å². The Hall–Kier alpha value is -2.19. The predicted molar refractivity (Wildman–Crippen MR) is 82.4 cm³/mol. The number of benzene rings is 1. The van der Waals surface area contributed by atoms with Crippen LogP contribution >= 0.6 is 0 Å². The Morgan fingerprint density at radius 1 is 1.27 bits per heavy atom. The second-order valence-electron chi connectivity index (χ2n) is 4.85. The van der Waals surface area contributed by atoms with E-state index in [2.05, 4.69) is 15.1 Å². The number of hydrogen-bond donors (Lipinski definition) is 2. The van der Waals surface area contributed by atoms with E-state index < -0.39 is 15.9 Å². The van der Waals surface area contributed by atoms with Crippen LogP contribution in [0.15, 0.2) is 48.8 Å². The van der Waals surface area contributed by atoms with Crippen molar-refractivity contribution in [2.45, 2.75) is 12.6 Å². The summed E-state index contributed by atoms with van der Waals surface area (Å²) in [4.78, 5) is 11.9. The van der Waals surface area contributed by atoms with Crippen LogP contribution in [0.2, 0.25) is 0 Å². The van der Waals surface area contributed by atoms with Gasteiger partial charge in [-0.15, -0.1) is 0 Å². The van der Waals surface area contributed by atoms with E-state index in [-0.39, 0.29) is 12.6 Å². The summed E-state index contributed by atoms with van der Waals surface area (Å²) >= 11 is 0. The number of sulfonamides is 1. The lowest BCUT2D eigenvalue weighted by atomic mass is 10.1. The number of nitrogens with zero attached hydrogens (tertiary/aromatic N) is 2. The van der Waals surface area contributed by atoms with Crippen LogP contribution in [0.1, 0.15) is 11.6 Å². The quantitative estimate of drug-likeness (QED) is 0.766. The lowest BCUT2D eigenvalue weighted by Crippen LogP contribution is -2.39. The highest BCUT2D eigenvalue weighted by atomic mass is 32.2. The van der Waals surface area contributed by atoms with Crippen LogP contribution in [0.25, 0.3) is 0 Å². The van der Waals surface area contributed by atoms with E-state index in [1.165, 1.54) is 0 Å². The van der Waals surface area contributed by atoms with Gasteiger partial charge in [-0.1, -0.05) is 30.3 Å². The molecule has 2 aromatic rings. The third-order valence-electron chi connectivity index (χ3n) is 2.96. The number of nitrogens with one attached hydrogen (secondary N) is 2. The fourth-order valence-corrected chi connectivity index (χ4v) is 2.35. The molecule has 22 heavy (non-hydrogen) atoms. The first-order valence-electron chi connectivity index (χ1n) is 6.70. The Morgan fingerprint density at radius 2 is 2.00 bits per heavy atom. The molecule has 1 heterocycles. The van der Waals surface area contributed by atoms with Crippen LogP contribution in [0.4, 0.5) is 0 Å². The summed E-state index contributed by atoms with van der Waals surface area (Å²) in [6, 6.07) is 11.0. The molecule has 2 N–H and O–H groups in total. The van der Waals surface area contributed by atoms with Crippen molar-refractivity contribution >= 4 is 15.9 Å². The predicted octanol–water partition coefficient (Wildman–Crippen LogP) is 0.290. The third-order valence-corrected chi connectivity index (χ3v) is 3.63. The molecule has 0 aliphatic carbocycles. The largest absolute Gasteiger partial charge is 0.346 e. The van der Waals surface area contributed by atoms with E-state index >= 15 is 0 Å². The molecule has 0 fully saturated rings. The molecule has 0 unspecified atom stereocenters. The molecule has 0 spiro atoms. The minimum Gasteiger partial charge on any atom is -0.346 e. The van der Waals surface area contributed by atoms with E-state index in [1.54, 1.807) is 23.1 Å². The van der Waals surface area contributed by atoms with Gasteiger partial charge in [0.05, 0.1) is 25.4 Å². The molecule has 0 saturated carbocycles. The number of hydrogen-bond acceptors (Lipinski definition) is 4. The van der Waals surface area contributed by atoms with Gasteiger partial charge in [0.25, 0.3) is 0 Å². The average Bonchev–Trinajstić information content (AvgIpc) is 2.98. The maximum absolute atomic E-state index is 11.9. The van der Waals surface area contributed by atoms with Gasteiger partial charge in [0, 0.05) is 12.4 Å². The van der Waals surface area contributed by atoms with Gasteiger partial charge in [-0.2, -0.15) is 5.10 Å². The molecule has 0 radical (unpaired) electrons. The van der Waals surface area contributed by atoms with Gasteiger partial charge in [-0.3, -0.25) is 9.48 Å². The first-order valence-corrected chi connectivity index (χ1v) is 8.59. The maximum atomic E-state index is 11.9. The molecule has 1 aromatic heterocycles. The highest BCUT2D eigenvalue weighted by Gasteiger charge is 2.16. The van der Waals surface area contributed by atoms with Crippen molar-refractivity contribution in [3.63, 3.8) is 0 Å². The van der Waals surface area contributed by atoms with Crippen molar-refractivity contribution in [2.24, 2.45) is 0 Å². The molecule has 1 amide bonds. The Morgan fingerprint density at radius 3 is 2.59 bits per heavy atom. The smallest absolute Gasteiger partial charge is 0.235 e. The number of carbonyl (C=O) groups excluding carboxylic acids is 1. The van der Waals surface area contributed by atoms with Gasteiger partial charge in [0.1, 0.15) is 0 Å². The highest BCUT2D eigenvalue weighted by molar-refractivity contribution is 7.88. The van der Waals surface area contributed by atoms with Crippen molar-refractivity contribution in [3.8, 4) is 0 Å². The zero-order chi connectivity index (χ0) is 16.0. The number of amides is 1. The molecule has 0 bridgehead atoms. The van der Waals surface area contributed by atoms with Crippen molar-refractivity contribution in [1.82, 2.24) is 19.8 Å². The van der Waals surface area contributed by atoms with Crippen molar-refractivity contribution < 1.29 is 13.2 Å². The lowest BCUT2D eigenvalue weighted by Gasteiger charge is -2.19. The second kappa shape index (κ2) is 7.19. The monoisotopic (exact) mass is 322 g/mol. The molecule has 2 rings (SSSR count). The highest BCUT2D eigenvalue weighted by Crippen LogP contribution is 2.14. The molecule has 8 heteroatoms. The van der Waals surface area contributed by atoms with E-state index in [1.807, 2.05) is 30.3 Å². The fraction of sp³-hybridized carbons (Fsp3) is 0.286. The normalized spacial score (nSPS) is 12.8. The van der Waals surface area contributed by atoms with E-state index in [4.69, 9.17) is 0 Å². The Kier molecular flexibility index (Phi) is 5.29. The zero-order valence-corrected chi connectivity index (χ0v) is 13.0. The van der Waals surface area contributed by atoms with Gasteiger partial charge in [0.15, 0.2) is 0 Å². The van der Waals surface area contributed by atoms with Crippen LogP contribution < -0.4 is 10.0 Å².